The van der Waals surface area contributed by atoms with E-state index in [0.717, 1.165) is 29.4 Å². The molecular weight excluding hydrogens is 333 g/mol. The van der Waals surface area contributed by atoms with Crippen molar-refractivity contribution in [3.63, 3.8) is 0 Å². The highest BCUT2D eigenvalue weighted by molar-refractivity contribution is 5.80. The summed E-state index contributed by atoms with van der Waals surface area (Å²) >= 11 is 0. The fourth-order valence-electron chi connectivity index (χ4n) is 3.55. The Balaban J connectivity index is 1.48. The maximum Gasteiger partial charge on any atom is 0.258 e. The van der Waals surface area contributed by atoms with Gasteiger partial charge in [0.2, 0.25) is 5.82 Å². The first-order valence-corrected chi connectivity index (χ1v) is 8.73. The number of benzene rings is 2. The molecule has 2 heterocycles. The average Bonchev–Trinajstić information content (AvgIpc) is 3.41. The molecule has 5 rings (SSSR count). The predicted molar refractivity (Wildman–Crippen MR) is 93.7 cm³/mol. The van der Waals surface area contributed by atoms with Crippen LogP contribution in [0.15, 0.2) is 47.0 Å². The van der Waals surface area contributed by atoms with Crippen LogP contribution in [-0.4, -0.2) is 25.1 Å². The Kier molecular flexibility index (Phi) is 3.51. The summed E-state index contributed by atoms with van der Waals surface area (Å²) in [5.74, 6) is 0.528. The number of halogens is 1. The molecule has 0 bridgehead atoms. The Morgan fingerprint density at radius 2 is 1.77 bits per heavy atom. The van der Waals surface area contributed by atoms with Gasteiger partial charge in [0.15, 0.2) is 0 Å². The van der Waals surface area contributed by atoms with Crippen LogP contribution in [0.2, 0.25) is 0 Å². The van der Waals surface area contributed by atoms with Crippen LogP contribution >= 0.6 is 0 Å². The van der Waals surface area contributed by atoms with E-state index in [9.17, 15) is 4.39 Å². The first-order chi connectivity index (χ1) is 12.8. The van der Waals surface area contributed by atoms with Crippen molar-refractivity contribution in [3.8, 4) is 22.8 Å². The lowest BCUT2D eigenvalue weighted by Gasteiger charge is -2.09. The van der Waals surface area contributed by atoms with Crippen LogP contribution in [0, 0.1) is 5.82 Å². The van der Waals surface area contributed by atoms with Crippen molar-refractivity contribution < 1.29 is 8.91 Å². The second kappa shape index (κ2) is 6.01. The summed E-state index contributed by atoms with van der Waals surface area (Å²) in [6, 6.07) is 12.3. The molecule has 7 heteroatoms. The Hall–Kier alpha value is -3.09. The van der Waals surface area contributed by atoms with Crippen molar-refractivity contribution >= 4 is 11.0 Å². The third kappa shape index (κ3) is 2.56. The van der Waals surface area contributed by atoms with Gasteiger partial charge in [0.25, 0.3) is 5.89 Å². The standard InChI is InChI=1S/C19H16FN5O/c20-14-8-5-12(6-9-14)19-21-18(23-26-19)13-7-10-17-16(11-13)22-24-25(17)15-3-1-2-4-15/h5-11,15H,1-4H2. The normalized spacial score (nSPS) is 15.1. The monoisotopic (exact) mass is 349 g/mol. The largest absolute Gasteiger partial charge is 0.334 e. The average molecular weight is 349 g/mol. The molecule has 4 aromatic rings. The lowest BCUT2D eigenvalue weighted by atomic mass is 10.1. The Bertz CT molecular complexity index is 1060. The first-order valence-electron chi connectivity index (χ1n) is 8.73. The third-order valence-electron chi connectivity index (χ3n) is 4.92. The van der Waals surface area contributed by atoms with Crippen molar-refractivity contribution in [2.45, 2.75) is 31.7 Å². The second-order valence-corrected chi connectivity index (χ2v) is 6.61. The predicted octanol–water partition coefficient (Wildman–Crippen LogP) is 4.40. The molecule has 1 aliphatic carbocycles. The van der Waals surface area contributed by atoms with Crippen molar-refractivity contribution in [1.29, 1.82) is 0 Å². The molecule has 0 radical (unpaired) electrons. The molecular formula is C19H16FN5O. The van der Waals surface area contributed by atoms with E-state index >= 15 is 0 Å². The van der Waals surface area contributed by atoms with Crippen LogP contribution in [0.25, 0.3) is 33.9 Å². The van der Waals surface area contributed by atoms with Gasteiger partial charge in [-0.05, 0) is 55.3 Å². The molecule has 0 amide bonds. The van der Waals surface area contributed by atoms with Crippen molar-refractivity contribution in [3.05, 3.63) is 48.3 Å². The van der Waals surface area contributed by atoms with Crippen LogP contribution in [0.1, 0.15) is 31.7 Å². The minimum absolute atomic E-state index is 0.302. The molecule has 6 nitrogen and oxygen atoms in total. The van der Waals surface area contributed by atoms with E-state index in [1.807, 2.05) is 22.9 Å². The Labute approximate surface area is 148 Å². The zero-order valence-corrected chi connectivity index (χ0v) is 14.0. The number of fused-ring (bicyclic) bond motifs is 1. The topological polar surface area (TPSA) is 69.6 Å². The number of aromatic nitrogens is 5. The van der Waals surface area contributed by atoms with Crippen molar-refractivity contribution in [2.75, 3.05) is 0 Å². The molecule has 2 aromatic heterocycles. The highest BCUT2D eigenvalue weighted by atomic mass is 19.1. The fourth-order valence-corrected chi connectivity index (χ4v) is 3.55. The van der Waals surface area contributed by atoms with Crippen LogP contribution in [0.4, 0.5) is 4.39 Å². The van der Waals surface area contributed by atoms with Gasteiger partial charge in [-0.15, -0.1) is 5.10 Å². The van der Waals surface area contributed by atoms with Crippen molar-refractivity contribution in [2.24, 2.45) is 0 Å². The maximum atomic E-state index is 13.1. The van der Waals surface area contributed by atoms with E-state index in [4.69, 9.17) is 4.52 Å². The quantitative estimate of drug-likeness (QED) is 0.548. The Morgan fingerprint density at radius 3 is 2.58 bits per heavy atom. The lowest BCUT2D eigenvalue weighted by Crippen LogP contribution is -2.06. The van der Waals surface area contributed by atoms with Gasteiger partial charge in [0.1, 0.15) is 11.3 Å². The summed E-state index contributed by atoms with van der Waals surface area (Å²) in [6.07, 6.45) is 4.82. The van der Waals surface area contributed by atoms with Crippen LogP contribution in [-0.2, 0) is 0 Å². The van der Waals surface area contributed by atoms with E-state index in [0.29, 0.717) is 23.3 Å². The molecule has 0 unspecified atom stereocenters. The molecule has 0 saturated heterocycles. The molecule has 2 aromatic carbocycles. The van der Waals surface area contributed by atoms with E-state index in [2.05, 4.69) is 20.5 Å². The van der Waals surface area contributed by atoms with Gasteiger partial charge in [0, 0.05) is 11.1 Å². The maximum absolute atomic E-state index is 13.1. The molecule has 0 spiro atoms. The second-order valence-electron chi connectivity index (χ2n) is 6.61. The summed E-state index contributed by atoms with van der Waals surface area (Å²) in [5.41, 5.74) is 3.34. The molecule has 26 heavy (non-hydrogen) atoms. The summed E-state index contributed by atoms with van der Waals surface area (Å²) in [6.45, 7) is 0. The lowest BCUT2D eigenvalue weighted by molar-refractivity contribution is 0.432. The van der Waals surface area contributed by atoms with Crippen LogP contribution < -0.4 is 0 Å². The van der Waals surface area contributed by atoms with E-state index < -0.39 is 0 Å². The molecule has 1 saturated carbocycles. The van der Waals surface area contributed by atoms with Crippen molar-refractivity contribution in [1.82, 2.24) is 25.1 Å². The number of hydrogen-bond acceptors (Lipinski definition) is 5. The molecule has 0 atom stereocenters. The third-order valence-corrected chi connectivity index (χ3v) is 4.92. The zero-order valence-electron chi connectivity index (χ0n) is 14.0. The zero-order chi connectivity index (χ0) is 17.5. The summed E-state index contributed by atoms with van der Waals surface area (Å²) in [5, 5.41) is 12.7. The molecule has 1 aliphatic rings. The van der Waals surface area contributed by atoms with Gasteiger partial charge in [0.05, 0.1) is 11.6 Å². The molecule has 1 fully saturated rings. The van der Waals surface area contributed by atoms with Gasteiger partial charge in [-0.3, -0.25) is 0 Å². The van der Waals surface area contributed by atoms with Gasteiger partial charge < -0.3 is 4.52 Å². The summed E-state index contributed by atoms with van der Waals surface area (Å²) < 4.78 is 20.4. The van der Waals surface area contributed by atoms with Gasteiger partial charge in [-0.1, -0.05) is 23.2 Å². The number of rotatable bonds is 3. The Morgan fingerprint density at radius 1 is 1.00 bits per heavy atom. The van der Waals surface area contributed by atoms with Gasteiger partial charge in [-0.25, -0.2) is 9.07 Å². The van der Waals surface area contributed by atoms with Gasteiger partial charge in [-0.2, -0.15) is 4.98 Å². The summed E-state index contributed by atoms with van der Waals surface area (Å²) in [4.78, 5) is 4.42. The smallest absolute Gasteiger partial charge is 0.258 e. The highest BCUT2D eigenvalue weighted by Gasteiger charge is 2.20. The number of hydrogen-bond donors (Lipinski definition) is 0. The van der Waals surface area contributed by atoms with Crippen LogP contribution in [0.3, 0.4) is 0 Å². The van der Waals surface area contributed by atoms with E-state index in [1.165, 1.54) is 25.0 Å². The van der Waals surface area contributed by atoms with E-state index in [1.54, 1.807) is 12.1 Å². The molecule has 0 N–H and O–H groups in total. The van der Waals surface area contributed by atoms with Crippen LogP contribution in [0.5, 0.6) is 0 Å². The van der Waals surface area contributed by atoms with E-state index in [-0.39, 0.29) is 5.82 Å². The SMILES string of the molecule is Fc1ccc(-c2nc(-c3ccc4c(c3)nnn4C3CCCC3)no2)cc1. The fraction of sp³-hybridized carbons (Fsp3) is 0.263. The highest BCUT2D eigenvalue weighted by Crippen LogP contribution is 2.32. The minimum Gasteiger partial charge on any atom is -0.334 e. The summed E-state index contributed by atoms with van der Waals surface area (Å²) in [7, 11) is 0. The molecule has 130 valence electrons. The minimum atomic E-state index is -0.302. The first kappa shape index (κ1) is 15.2. The van der Waals surface area contributed by atoms with Gasteiger partial charge >= 0.3 is 0 Å². The molecule has 0 aliphatic heterocycles. The number of nitrogens with zero attached hydrogens (tertiary/aromatic N) is 5.